The molecule has 0 unspecified atom stereocenters. The highest BCUT2D eigenvalue weighted by molar-refractivity contribution is 7.99. The van der Waals surface area contributed by atoms with Gasteiger partial charge in [0.05, 0.1) is 25.7 Å². The van der Waals surface area contributed by atoms with E-state index in [1.165, 1.54) is 87.4 Å². The number of thioether (sulfide) groups is 2. The average Bonchev–Trinajstić information content (AvgIpc) is 3.10. The Balaban J connectivity index is 1.87. The first-order chi connectivity index (χ1) is 25.2. The molecule has 0 atom stereocenters. The third-order valence-electron chi connectivity index (χ3n) is 9.35. The maximum Gasteiger partial charge on any atom is 0.264 e. The Hall–Kier alpha value is -0.863. The third-order valence-corrected chi connectivity index (χ3v) is 17.9. The Bertz CT molecular complexity index is 1320. The minimum absolute atomic E-state index is 0.0363. The van der Waals surface area contributed by atoms with Crippen molar-refractivity contribution < 1.29 is 29.6 Å². The summed E-state index contributed by atoms with van der Waals surface area (Å²) in [6, 6.07) is 22.1. The zero-order valence-electron chi connectivity index (χ0n) is 33.4. The number of benzene rings is 2. The second-order valence-corrected chi connectivity index (χ2v) is 25.2. The van der Waals surface area contributed by atoms with Crippen molar-refractivity contribution in [2.75, 3.05) is 48.7 Å². The zero-order chi connectivity index (χ0) is 38.9. The van der Waals surface area contributed by atoms with Crippen LogP contribution < -0.4 is 10.4 Å². The third kappa shape index (κ3) is 21.9. The molecule has 0 amide bonds. The van der Waals surface area contributed by atoms with Gasteiger partial charge in [-0.15, -0.1) is 0 Å². The molecule has 0 aromatic heterocycles. The van der Waals surface area contributed by atoms with Gasteiger partial charge in [0.1, 0.15) is 0 Å². The quantitative estimate of drug-likeness (QED) is 0.0406. The van der Waals surface area contributed by atoms with Crippen molar-refractivity contribution in [3.05, 3.63) is 60.7 Å². The van der Waals surface area contributed by atoms with E-state index in [1.54, 1.807) is 0 Å². The van der Waals surface area contributed by atoms with E-state index in [4.69, 9.17) is 12.8 Å². The van der Waals surface area contributed by atoms with E-state index in [2.05, 4.69) is 81.4 Å². The van der Waals surface area contributed by atoms with Crippen LogP contribution in [0.15, 0.2) is 60.7 Å². The first kappa shape index (κ1) is 48.3. The van der Waals surface area contributed by atoms with Gasteiger partial charge < -0.3 is 4.43 Å². The van der Waals surface area contributed by atoms with Crippen molar-refractivity contribution in [3.8, 4) is 0 Å². The fraction of sp³-hybridized carbons (Fsp3) is 0.707. The summed E-state index contributed by atoms with van der Waals surface area (Å²) in [5.41, 5.74) is 0. The lowest BCUT2D eigenvalue weighted by Crippen LogP contribution is -2.67. The molecule has 0 aliphatic carbocycles. The van der Waals surface area contributed by atoms with E-state index >= 15 is 0 Å². The predicted octanol–water partition coefficient (Wildman–Crippen LogP) is 9.59. The Morgan fingerprint density at radius 3 is 1.23 bits per heavy atom. The van der Waals surface area contributed by atoms with Gasteiger partial charge in [-0.2, -0.15) is 40.4 Å². The van der Waals surface area contributed by atoms with Crippen molar-refractivity contribution in [2.45, 2.75) is 135 Å². The SMILES string of the molecule is CC(C)(C)[Si](OC(CCCCCCCCSCCCOS(C)(=O)=O)CCCCCCCCSCCCOS(C)(=O)=O)(c1ccccc1)c1ccccc1. The van der Waals surface area contributed by atoms with Crippen molar-refractivity contribution in [1.82, 2.24) is 0 Å². The monoisotopic (exact) mass is 830 g/mol. The maximum atomic E-state index is 11.1. The minimum Gasteiger partial charge on any atom is -0.404 e. The Morgan fingerprint density at radius 2 is 0.868 bits per heavy atom. The lowest BCUT2D eigenvalue weighted by atomic mass is 10.0. The summed E-state index contributed by atoms with van der Waals surface area (Å²) >= 11 is 3.78. The Labute approximate surface area is 334 Å². The van der Waals surface area contributed by atoms with Gasteiger partial charge in [0.15, 0.2) is 0 Å². The molecule has 2 rings (SSSR count). The molecule has 2 aromatic rings. The number of hydrogen-bond acceptors (Lipinski definition) is 9. The van der Waals surface area contributed by atoms with Crippen LogP contribution in [0.2, 0.25) is 5.04 Å². The smallest absolute Gasteiger partial charge is 0.264 e. The van der Waals surface area contributed by atoms with Crippen molar-refractivity contribution in [3.63, 3.8) is 0 Å². The van der Waals surface area contributed by atoms with Crippen LogP contribution in [0, 0.1) is 0 Å². The van der Waals surface area contributed by atoms with E-state index in [0.717, 1.165) is 61.2 Å². The van der Waals surface area contributed by atoms with Crippen molar-refractivity contribution >= 4 is 62.5 Å². The number of unbranched alkanes of at least 4 members (excludes halogenated alkanes) is 10. The van der Waals surface area contributed by atoms with E-state index in [0.29, 0.717) is 0 Å². The lowest BCUT2D eigenvalue weighted by molar-refractivity contribution is 0.160. The van der Waals surface area contributed by atoms with Crippen LogP contribution in [0.3, 0.4) is 0 Å². The molecule has 0 radical (unpaired) electrons. The van der Waals surface area contributed by atoms with Gasteiger partial charge in [0, 0.05) is 6.10 Å². The van der Waals surface area contributed by atoms with Gasteiger partial charge in [-0.05, 0) is 76.9 Å². The summed E-state index contributed by atoms with van der Waals surface area (Å²) < 4.78 is 61.6. The highest BCUT2D eigenvalue weighted by Gasteiger charge is 2.51. The predicted molar refractivity (Wildman–Crippen MR) is 233 cm³/mol. The fourth-order valence-electron chi connectivity index (χ4n) is 6.72. The zero-order valence-corrected chi connectivity index (χ0v) is 37.7. The van der Waals surface area contributed by atoms with E-state index < -0.39 is 28.6 Å². The molecule has 0 saturated carbocycles. The van der Waals surface area contributed by atoms with Crippen LogP contribution in [0.4, 0.5) is 0 Å². The molecule has 2 aromatic carbocycles. The van der Waals surface area contributed by atoms with E-state index in [1.807, 2.05) is 23.5 Å². The summed E-state index contributed by atoms with van der Waals surface area (Å²) in [6.07, 6.45) is 20.9. The van der Waals surface area contributed by atoms with Crippen LogP contribution in [0.25, 0.3) is 0 Å². The van der Waals surface area contributed by atoms with Gasteiger partial charge in [0.2, 0.25) is 0 Å². The van der Waals surface area contributed by atoms with Crippen LogP contribution in [-0.4, -0.2) is 80.0 Å². The molecule has 7 nitrogen and oxygen atoms in total. The van der Waals surface area contributed by atoms with Gasteiger partial charge in [0.25, 0.3) is 28.6 Å². The van der Waals surface area contributed by atoms with E-state index in [9.17, 15) is 16.8 Å². The molecule has 0 aliphatic rings. The summed E-state index contributed by atoms with van der Waals surface area (Å²) in [4.78, 5) is 0. The molecule has 0 saturated heterocycles. The van der Waals surface area contributed by atoms with Crippen molar-refractivity contribution in [1.29, 1.82) is 0 Å². The summed E-state index contributed by atoms with van der Waals surface area (Å²) in [6.45, 7) is 7.69. The van der Waals surface area contributed by atoms with Gasteiger partial charge in [-0.3, -0.25) is 8.37 Å². The van der Waals surface area contributed by atoms with Gasteiger partial charge in [-0.1, -0.05) is 146 Å². The first-order valence-electron chi connectivity index (χ1n) is 19.9. The second-order valence-electron chi connectivity index (χ2n) is 15.2. The van der Waals surface area contributed by atoms with Gasteiger partial charge in [-0.25, -0.2) is 0 Å². The highest BCUT2D eigenvalue weighted by Crippen LogP contribution is 2.38. The Morgan fingerprint density at radius 1 is 0.528 bits per heavy atom. The lowest BCUT2D eigenvalue weighted by Gasteiger charge is -2.45. The van der Waals surface area contributed by atoms with Crippen molar-refractivity contribution in [2.24, 2.45) is 0 Å². The summed E-state index contributed by atoms with van der Waals surface area (Å²) in [5, 5.41) is 2.67. The van der Waals surface area contributed by atoms with Crippen LogP contribution in [0.5, 0.6) is 0 Å². The highest BCUT2D eigenvalue weighted by atomic mass is 32.2. The molecular weight excluding hydrogens is 761 g/mol. The normalized spacial score (nSPS) is 12.9. The van der Waals surface area contributed by atoms with E-state index in [-0.39, 0.29) is 24.4 Å². The van der Waals surface area contributed by atoms with Crippen LogP contribution >= 0.6 is 23.5 Å². The first-order valence-corrected chi connectivity index (χ1v) is 27.7. The number of hydrogen-bond donors (Lipinski definition) is 0. The molecular formula is C41H70O7S4Si. The molecule has 0 fully saturated rings. The molecule has 0 spiro atoms. The Kier molecular flexibility index (Phi) is 24.5. The largest absolute Gasteiger partial charge is 0.404 e. The molecule has 53 heavy (non-hydrogen) atoms. The van der Waals surface area contributed by atoms with Crippen LogP contribution in [-0.2, 0) is 33.0 Å². The fourth-order valence-corrected chi connectivity index (χ4v) is 14.2. The molecule has 12 heteroatoms. The molecule has 0 aliphatic heterocycles. The second kappa shape index (κ2) is 26.9. The molecule has 304 valence electrons. The maximum absolute atomic E-state index is 11.1. The topological polar surface area (TPSA) is 96.0 Å². The standard InChI is InChI=1S/C41H70O7S4Si/c1-41(2,3)53(39-28-18-14-19-29-39,40-30-20-15-21-31-40)48-38(26-16-10-6-8-12-22-34-49-36-24-32-46-51(4,42)43)27-17-11-7-9-13-23-35-50-37-25-33-47-52(5,44)45/h14-15,18-21,28-31,38H,6-13,16-17,22-27,32-37H2,1-5H3. The molecule has 0 N–H and O–H groups in total. The molecule has 0 bridgehead atoms. The van der Waals surface area contributed by atoms with Gasteiger partial charge >= 0.3 is 0 Å². The van der Waals surface area contributed by atoms with Crippen LogP contribution in [0.1, 0.15) is 124 Å². The summed E-state index contributed by atoms with van der Waals surface area (Å²) in [7, 11) is -9.28. The molecule has 0 heterocycles. The number of rotatable bonds is 32. The minimum atomic E-state index is -3.33. The summed E-state index contributed by atoms with van der Waals surface area (Å²) in [5.74, 6) is 4.12. The average molecular weight is 831 g/mol.